The Labute approximate surface area is 223 Å². The number of allylic oxidation sites excluding steroid dienone is 1. The number of nitrogens with zero attached hydrogens (tertiary/aromatic N) is 4. The normalized spacial score (nSPS) is 22.9. The van der Waals surface area contributed by atoms with E-state index in [0.717, 1.165) is 24.2 Å². The van der Waals surface area contributed by atoms with E-state index in [-0.39, 0.29) is 12.3 Å². The minimum absolute atomic E-state index is 0.273. The van der Waals surface area contributed by atoms with Gasteiger partial charge in [-0.1, -0.05) is 22.8 Å². The minimum atomic E-state index is -0.858. The number of likely N-dealkylation sites (tertiary alicyclic amines) is 1. The summed E-state index contributed by atoms with van der Waals surface area (Å²) < 4.78 is 23.2. The fraction of sp³-hybridized carbons (Fsp3) is 0.643. The van der Waals surface area contributed by atoms with Gasteiger partial charge in [0, 0.05) is 29.7 Å². The van der Waals surface area contributed by atoms with Crippen molar-refractivity contribution in [2.75, 3.05) is 26.9 Å². The van der Waals surface area contributed by atoms with Crippen molar-refractivity contribution in [3.63, 3.8) is 0 Å². The second-order valence-corrected chi connectivity index (χ2v) is 10.7. The predicted octanol–water partition coefficient (Wildman–Crippen LogP) is 4.86. The molecule has 1 aliphatic carbocycles. The molecule has 2 spiro atoms. The Morgan fingerprint density at radius 1 is 1.18 bits per heavy atom. The zero-order valence-electron chi connectivity index (χ0n) is 22.6. The Kier molecular flexibility index (Phi) is 8.97. The van der Waals surface area contributed by atoms with E-state index in [2.05, 4.69) is 10.0 Å². The summed E-state index contributed by atoms with van der Waals surface area (Å²) >= 11 is 0. The van der Waals surface area contributed by atoms with E-state index < -0.39 is 29.4 Å². The molecule has 0 bridgehead atoms. The Hall–Kier alpha value is -3.07. The Morgan fingerprint density at radius 3 is 2.42 bits per heavy atom. The fourth-order valence-electron chi connectivity index (χ4n) is 5.83. The van der Waals surface area contributed by atoms with Crippen molar-refractivity contribution in [3.05, 3.63) is 51.9 Å². The van der Waals surface area contributed by atoms with Gasteiger partial charge in [-0.25, -0.2) is 4.79 Å². The molecule has 2 atom stereocenters. The predicted molar refractivity (Wildman–Crippen MR) is 140 cm³/mol. The van der Waals surface area contributed by atoms with E-state index in [9.17, 15) is 9.59 Å². The topological polar surface area (TPSA) is 123 Å². The van der Waals surface area contributed by atoms with Crippen LogP contribution in [0.2, 0.25) is 0 Å². The molecule has 0 aromatic heterocycles. The van der Waals surface area contributed by atoms with Crippen LogP contribution in [0.4, 0.5) is 0 Å². The summed E-state index contributed by atoms with van der Waals surface area (Å²) in [5.41, 5.74) is 10.5. The summed E-state index contributed by atoms with van der Waals surface area (Å²) in [6, 6.07) is 5.80. The number of amides is 1. The molecule has 3 aliphatic rings. The highest BCUT2D eigenvalue weighted by atomic mass is 16.7. The van der Waals surface area contributed by atoms with Gasteiger partial charge in [0.25, 0.3) is 0 Å². The number of azide groups is 1. The number of carbonyl (C=O) groups excluding carboxylic acids is 2. The second-order valence-electron chi connectivity index (χ2n) is 10.7. The molecular formula is C28H38N4O6. The molecule has 38 heavy (non-hydrogen) atoms. The number of methoxy groups -OCH3 is 1. The van der Waals surface area contributed by atoms with Crippen LogP contribution in [0.1, 0.15) is 64.4 Å². The molecule has 1 saturated carbocycles. The first-order valence-corrected chi connectivity index (χ1v) is 13.4. The maximum absolute atomic E-state index is 13.6. The average molecular weight is 527 g/mol. The van der Waals surface area contributed by atoms with Crippen molar-refractivity contribution in [3.8, 4) is 5.75 Å². The molecule has 10 nitrogen and oxygen atoms in total. The molecule has 0 radical (unpaired) electrons. The van der Waals surface area contributed by atoms with E-state index in [4.69, 9.17) is 24.5 Å². The second kappa shape index (κ2) is 12.2. The molecule has 1 aromatic carbocycles. The third kappa shape index (κ3) is 6.14. The third-order valence-corrected chi connectivity index (χ3v) is 7.89. The average Bonchev–Trinajstić information content (AvgIpc) is 3.03. The van der Waals surface area contributed by atoms with Crippen LogP contribution in [0.25, 0.3) is 10.4 Å². The quantitative estimate of drug-likeness (QED) is 0.157. The standard InChI is InChI=1S/C28H38N4O6/c1-20(2)10-17-36-22-8-6-21(7-9-22)18-24(26(34)35-3)32-25(33)23(30-31-29)19-27(32)11-13-28(14-12-27)37-15-4-5-16-38-28/h6-10,23-24H,4-5,11-19H2,1-3H3/t23-,24+/m1/s1. The Bertz CT molecular complexity index is 1060. The molecular weight excluding hydrogens is 488 g/mol. The lowest BCUT2D eigenvalue weighted by atomic mass is 9.75. The Balaban J connectivity index is 1.58. The smallest absolute Gasteiger partial charge is 0.328 e. The van der Waals surface area contributed by atoms with Crippen molar-refractivity contribution >= 4 is 11.9 Å². The van der Waals surface area contributed by atoms with E-state index in [1.807, 2.05) is 44.2 Å². The van der Waals surface area contributed by atoms with Crippen LogP contribution >= 0.6 is 0 Å². The van der Waals surface area contributed by atoms with E-state index in [1.165, 1.54) is 12.7 Å². The zero-order valence-corrected chi connectivity index (χ0v) is 22.6. The van der Waals surface area contributed by atoms with Crippen LogP contribution in [0.3, 0.4) is 0 Å². The van der Waals surface area contributed by atoms with Crippen LogP contribution in [-0.2, 0) is 30.2 Å². The number of hydrogen-bond acceptors (Lipinski definition) is 7. The van der Waals surface area contributed by atoms with Crippen LogP contribution in [0, 0.1) is 0 Å². The van der Waals surface area contributed by atoms with Gasteiger partial charge < -0.3 is 23.8 Å². The van der Waals surface area contributed by atoms with E-state index in [0.29, 0.717) is 51.9 Å². The molecule has 206 valence electrons. The molecule has 2 aliphatic heterocycles. The minimum Gasteiger partial charge on any atom is -0.490 e. The maximum atomic E-state index is 13.6. The highest BCUT2D eigenvalue weighted by molar-refractivity contribution is 5.91. The first-order chi connectivity index (χ1) is 18.3. The van der Waals surface area contributed by atoms with Crippen molar-refractivity contribution in [1.29, 1.82) is 0 Å². The highest BCUT2D eigenvalue weighted by Crippen LogP contribution is 2.49. The molecule has 1 amide bonds. The largest absolute Gasteiger partial charge is 0.490 e. The van der Waals surface area contributed by atoms with Crippen LogP contribution in [0.5, 0.6) is 5.75 Å². The molecule has 4 rings (SSSR count). The summed E-state index contributed by atoms with van der Waals surface area (Å²) in [6.45, 7) is 5.81. The summed E-state index contributed by atoms with van der Waals surface area (Å²) in [5, 5.41) is 3.80. The molecule has 0 N–H and O–H groups in total. The molecule has 10 heteroatoms. The number of ether oxygens (including phenoxy) is 4. The van der Waals surface area contributed by atoms with Gasteiger partial charge in [0.05, 0.1) is 20.3 Å². The van der Waals surface area contributed by atoms with Crippen molar-refractivity contribution in [1.82, 2.24) is 4.90 Å². The lowest BCUT2D eigenvalue weighted by molar-refractivity contribution is -0.251. The summed E-state index contributed by atoms with van der Waals surface area (Å²) in [4.78, 5) is 31.4. The van der Waals surface area contributed by atoms with Gasteiger partial charge >= 0.3 is 5.97 Å². The van der Waals surface area contributed by atoms with Gasteiger partial charge in [0.15, 0.2) is 5.79 Å². The first-order valence-electron chi connectivity index (χ1n) is 13.4. The van der Waals surface area contributed by atoms with Crippen LogP contribution in [-0.4, -0.2) is 67.1 Å². The Morgan fingerprint density at radius 2 is 1.84 bits per heavy atom. The van der Waals surface area contributed by atoms with E-state index >= 15 is 0 Å². The van der Waals surface area contributed by atoms with Crippen molar-refractivity contribution < 1.29 is 28.5 Å². The van der Waals surface area contributed by atoms with Crippen LogP contribution < -0.4 is 4.74 Å². The monoisotopic (exact) mass is 526 g/mol. The number of hydrogen-bond donors (Lipinski definition) is 0. The van der Waals surface area contributed by atoms with Gasteiger partial charge in [-0.15, -0.1) is 0 Å². The SMILES string of the molecule is COC(=O)[C@H](Cc1ccc(OCC=C(C)C)cc1)N1C(=O)[C@H](N=[N+]=[N-])CC12CCC1(CC2)OCCCCO1. The molecule has 1 aromatic rings. The maximum Gasteiger partial charge on any atom is 0.328 e. The van der Waals surface area contributed by atoms with Crippen molar-refractivity contribution in [2.24, 2.45) is 5.11 Å². The summed E-state index contributed by atoms with van der Waals surface area (Å²) in [7, 11) is 1.33. The number of carbonyl (C=O) groups is 2. The van der Waals surface area contributed by atoms with Gasteiger partial charge in [0.1, 0.15) is 24.4 Å². The lowest BCUT2D eigenvalue weighted by Gasteiger charge is -2.49. The molecule has 0 unspecified atom stereocenters. The summed E-state index contributed by atoms with van der Waals surface area (Å²) in [6.07, 6.45) is 6.92. The first kappa shape index (κ1) is 28.0. The van der Waals surface area contributed by atoms with E-state index in [1.54, 1.807) is 4.90 Å². The third-order valence-electron chi connectivity index (χ3n) is 7.89. The molecule has 2 saturated heterocycles. The lowest BCUT2D eigenvalue weighted by Crippen LogP contribution is -2.59. The van der Waals surface area contributed by atoms with Gasteiger partial charge in [-0.2, -0.15) is 0 Å². The van der Waals surface area contributed by atoms with Gasteiger partial charge in [0.2, 0.25) is 5.91 Å². The number of esters is 1. The molecule has 3 fully saturated rings. The van der Waals surface area contributed by atoms with Crippen molar-refractivity contribution in [2.45, 2.75) is 88.6 Å². The van der Waals surface area contributed by atoms with Gasteiger partial charge in [-0.05, 0) is 75.3 Å². The fourth-order valence-corrected chi connectivity index (χ4v) is 5.83. The number of rotatable bonds is 8. The number of benzene rings is 1. The zero-order chi connectivity index (χ0) is 27.2. The highest BCUT2D eigenvalue weighted by Gasteiger charge is 2.58. The van der Waals surface area contributed by atoms with Crippen LogP contribution in [0.15, 0.2) is 41.0 Å². The van der Waals surface area contributed by atoms with Gasteiger partial charge in [-0.3, -0.25) is 4.79 Å². The summed E-state index contributed by atoms with van der Waals surface area (Å²) in [5.74, 6) is -0.766. The molecule has 2 heterocycles.